The number of aromatic nitrogens is 6. The summed E-state index contributed by atoms with van der Waals surface area (Å²) < 4.78 is 30.4. The van der Waals surface area contributed by atoms with Gasteiger partial charge in [-0.1, -0.05) is 30.8 Å². The van der Waals surface area contributed by atoms with Crippen LogP contribution in [0.5, 0.6) is 0 Å². The Morgan fingerprint density at radius 3 is 2.59 bits per heavy atom. The first-order valence-electron chi connectivity index (χ1n) is 11.0. The van der Waals surface area contributed by atoms with Gasteiger partial charge in [-0.15, -0.1) is 5.10 Å². The van der Waals surface area contributed by atoms with Crippen LogP contribution in [0.4, 0.5) is 0 Å². The summed E-state index contributed by atoms with van der Waals surface area (Å²) in [5.41, 5.74) is 3.24. The molecular formula is C23H25N7O2S2. The summed E-state index contributed by atoms with van der Waals surface area (Å²) in [6, 6.07) is 13.0. The van der Waals surface area contributed by atoms with Gasteiger partial charge in [0.15, 0.2) is 10.8 Å². The van der Waals surface area contributed by atoms with Gasteiger partial charge in [0.25, 0.3) is 0 Å². The molecule has 0 bridgehead atoms. The minimum atomic E-state index is -3.53. The normalized spacial score (nSPS) is 12.5. The van der Waals surface area contributed by atoms with Gasteiger partial charge < -0.3 is 4.57 Å². The van der Waals surface area contributed by atoms with Crippen LogP contribution >= 0.6 is 11.8 Å². The van der Waals surface area contributed by atoms with Crippen LogP contribution < -0.4 is 0 Å². The minimum absolute atomic E-state index is 0.237. The summed E-state index contributed by atoms with van der Waals surface area (Å²) in [5, 5.41) is 6.25. The molecule has 0 fully saturated rings. The lowest BCUT2D eigenvalue weighted by Crippen LogP contribution is -2.22. The van der Waals surface area contributed by atoms with E-state index in [1.807, 2.05) is 37.3 Å². The molecule has 0 amide bonds. The van der Waals surface area contributed by atoms with E-state index in [0.29, 0.717) is 17.1 Å². The van der Waals surface area contributed by atoms with Gasteiger partial charge in [0.1, 0.15) is 11.6 Å². The Labute approximate surface area is 201 Å². The second kappa shape index (κ2) is 8.64. The zero-order chi connectivity index (χ0) is 24.0. The molecule has 2 aromatic carbocycles. The highest BCUT2D eigenvalue weighted by molar-refractivity contribution is 7.98. The number of thioether (sulfide) groups is 1. The van der Waals surface area contributed by atoms with Crippen LogP contribution in [0.2, 0.25) is 0 Å². The number of sulfonamides is 1. The third kappa shape index (κ3) is 3.83. The molecule has 9 nitrogen and oxygen atoms in total. The quantitative estimate of drug-likeness (QED) is 0.250. The van der Waals surface area contributed by atoms with Gasteiger partial charge in [-0.25, -0.2) is 27.7 Å². The lowest BCUT2D eigenvalue weighted by Gasteiger charge is -2.11. The molecule has 176 valence electrons. The Hall–Kier alpha value is -3.02. The van der Waals surface area contributed by atoms with Crippen molar-refractivity contribution in [1.29, 1.82) is 0 Å². The predicted molar refractivity (Wildman–Crippen MR) is 133 cm³/mol. The van der Waals surface area contributed by atoms with E-state index in [2.05, 4.69) is 21.6 Å². The van der Waals surface area contributed by atoms with E-state index in [9.17, 15) is 8.42 Å². The van der Waals surface area contributed by atoms with Crippen molar-refractivity contribution >= 4 is 49.4 Å². The van der Waals surface area contributed by atoms with E-state index in [4.69, 9.17) is 9.97 Å². The fourth-order valence-electron chi connectivity index (χ4n) is 3.97. The van der Waals surface area contributed by atoms with Gasteiger partial charge in [0.05, 0.1) is 27.2 Å². The van der Waals surface area contributed by atoms with Crippen molar-refractivity contribution < 1.29 is 8.42 Å². The first-order chi connectivity index (χ1) is 16.3. The standard InChI is InChI=1S/C23H25N7O2S2/c1-5-12-29-20-11-10-16(34(31,32)28(3)4)13-19(20)25-21(29)14-33-23-26-18-9-7-6-8-17(18)22-24-15(2)27-30(22)23/h6-11,13H,5,12,14H2,1-4H3. The van der Waals surface area contributed by atoms with Crippen molar-refractivity contribution in [3.63, 3.8) is 0 Å². The summed E-state index contributed by atoms with van der Waals surface area (Å²) >= 11 is 1.54. The maximum atomic E-state index is 12.6. The van der Waals surface area contributed by atoms with Crippen molar-refractivity contribution in [2.75, 3.05) is 14.1 Å². The molecule has 11 heteroatoms. The maximum absolute atomic E-state index is 12.6. The zero-order valence-electron chi connectivity index (χ0n) is 19.4. The summed E-state index contributed by atoms with van der Waals surface area (Å²) in [5.74, 6) is 2.11. The number of hydrogen-bond acceptors (Lipinski definition) is 7. The molecule has 0 atom stereocenters. The Bertz CT molecular complexity index is 1640. The SMILES string of the molecule is CCCn1c(CSc2nc3ccccc3c3nc(C)nn23)nc2cc(S(=O)(=O)N(C)C)ccc21. The fourth-order valence-corrected chi connectivity index (χ4v) is 5.78. The van der Waals surface area contributed by atoms with Gasteiger partial charge in [-0.2, -0.15) is 4.52 Å². The molecule has 0 aliphatic rings. The minimum Gasteiger partial charge on any atom is -0.327 e. The number of aryl methyl sites for hydroxylation is 2. The summed E-state index contributed by atoms with van der Waals surface area (Å²) in [4.78, 5) is 14.5. The number of rotatable bonds is 7. The zero-order valence-corrected chi connectivity index (χ0v) is 21.1. The number of nitrogens with zero attached hydrogens (tertiary/aromatic N) is 7. The predicted octanol–water partition coefficient (Wildman–Crippen LogP) is 3.89. The fraction of sp³-hybridized carbons (Fsp3) is 0.304. The topological polar surface area (TPSA) is 98.3 Å². The lowest BCUT2D eigenvalue weighted by atomic mass is 10.2. The Kier molecular flexibility index (Phi) is 5.78. The highest BCUT2D eigenvalue weighted by atomic mass is 32.2. The molecule has 0 spiro atoms. The van der Waals surface area contributed by atoms with E-state index in [0.717, 1.165) is 46.0 Å². The second-order valence-corrected chi connectivity index (χ2v) is 11.3. The van der Waals surface area contributed by atoms with Crippen LogP contribution in [0, 0.1) is 6.92 Å². The average Bonchev–Trinajstić information content (AvgIpc) is 3.37. The van der Waals surface area contributed by atoms with E-state index >= 15 is 0 Å². The summed E-state index contributed by atoms with van der Waals surface area (Å²) in [6.07, 6.45) is 0.932. The Balaban J connectivity index is 1.56. The highest BCUT2D eigenvalue weighted by Gasteiger charge is 2.20. The number of fused-ring (bicyclic) bond motifs is 4. The van der Waals surface area contributed by atoms with Gasteiger partial charge in [-0.05, 0) is 43.7 Å². The first kappa shape index (κ1) is 22.8. The van der Waals surface area contributed by atoms with Crippen molar-refractivity contribution in [1.82, 2.24) is 33.4 Å². The van der Waals surface area contributed by atoms with Crippen LogP contribution in [-0.2, 0) is 22.3 Å². The van der Waals surface area contributed by atoms with Crippen LogP contribution in [0.25, 0.3) is 27.6 Å². The van der Waals surface area contributed by atoms with E-state index < -0.39 is 10.0 Å². The molecule has 0 aliphatic heterocycles. The molecule has 5 rings (SSSR count). The molecule has 5 aromatic rings. The average molecular weight is 496 g/mol. The maximum Gasteiger partial charge on any atom is 0.242 e. The van der Waals surface area contributed by atoms with Crippen LogP contribution in [0.1, 0.15) is 25.0 Å². The Morgan fingerprint density at radius 2 is 1.82 bits per heavy atom. The van der Waals surface area contributed by atoms with Crippen LogP contribution in [0.15, 0.2) is 52.5 Å². The van der Waals surface area contributed by atoms with Crippen molar-refractivity contribution in [3.8, 4) is 0 Å². The third-order valence-corrected chi connectivity index (χ3v) is 8.35. The number of hydrogen-bond donors (Lipinski definition) is 0. The first-order valence-corrected chi connectivity index (χ1v) is 13.4. The van der Waals surface area contributed by atoms with Crippen molar-refractivity contribution in [3.05, 3.63) is 54.1 Å². The number of imidazole rings is 1. The third-order valence-electron chi connectivity index (χ3n) is 5.61. The number of benzene rings is 2. The van der Waals surface area contributed by atoms with E-state index in [1.165, 1.54) is 18.4 Å². The monoisotopic (exact) mass is 495 g/mol. The lowest BCUT2D eigenvalue weighted by molar-refractivity contribution is 0.521. The number of para-hydroxylation sites is 1. The molecular weight excluding hydrogens is 470 g/mol. The molecule has 3 aromatic heterocycles. The molecule has 34 heavy (non-hydrogen) atoms. The van der Waals surface area contributed by atoms with E-state index in [1.54, 1.807) is 28.4 Å². The molecule has 0 saturated carbocycles. The second-order valence-electron chi connectivity index (χ2n) is 8.21. The molecule has 0 saturated heterocycles. The largest absolute Gasteiger partial charge is 0.327 e. The van der Waals surface area contributed by atoms with Gasteiger partial charge in [-0.3, -0.25) is 0 Å². The molecule has 0 radical (unpaired) electrons. The van der Waals surface area contributed by atoms with Crippen molar-refractivity contribution in [2.24, 2.45) is 0 Å². The van der Waals surface area contributed by atoms with Crippen LogP contribution in [-0.4, -0.2) is 56.0 Å². The smallest absolute Gasteiger partial charge is 0.242 e. The highest BCUT2D eigenvalue weighted by Crippen LogP contribution is 2.29. The summed E-state index contributed by atoms with van der Waals surface area (Å²) in [7, 11) is -0.476. The molecule has 0 N–H and O–H groups in total. The van der Waals surface area contributed by atoms with Gasteiger partial charge in [0, 0.05) is 26.0 Å². The molecule has 3 heterocycles. The van der Waals surface area contributed by atoms with Crippen molar-refractivity contribution in [2.45, 2.75) is 42.6 Å². The summed E-state index contributed by atoms with van der Waals surface area (Å²) in [6.45, 7) is 4.77. The molecule has 0 unspecified atom stereocenters. The Morgan fingerprint density at radius 1 is 1.03 bits per heavy atom. The molecule has 0 aliphatic carbocycles. The van der Waals surface area contributed by atoms with E-state index in [-0.39, 0.29) is 4.90 Å². The van der Waals surface area contributed by atoms with Crippen LogP contribution in [0.3, 0.4) is 0 Å². The van der Waals surface area contributed by atoms with Gasteiger partial charge >= 0.3 is 0 Å². The van der Waals surface area contributed by atoms with Gasteiger partial charge in [0.2, 0.25) is 10.0 Å².